The molecule has 0 spiro atoms. The van der Waals surface area contributed by atoms with Crippen molar-refractivity contribution in [2.45, 2.75) is 12.2 Å². The Kier molecular flexibility index (Phi) is 5.74. The van der Waals surface area contributed by atoms with Crippen LogP contribution in [0.25, 0.3) is 0 Å². The molecule has 16 heavy (non-hydrogen) atoms. The zero-order valence-electron chi connectivity index (χ0n) is 8.97. The van der Waals surface area contributed by atoms with Gasteiger partial charge in [-0.1, -0.05) is 29.4 Å². The Morgan fingerprint density at radius 2 is 2.00 bits per heavy atom. The van der Waals surface area contributed by atoms with Gasteiger partial charge < -0.3 is 16.0 Å². The van der Waals surface area contributed by atoms with Gasteiger partial charge in [0.15, 0.2) is 5.84 Å². The van der Waals surface area contributed by atoms with Crippen molar-refractivity contribution in [1.82, 2.24) is 0 Å². The summed E-state index contributed by atoms with van der Waals surface area (Å²) < 4.78 is 0. The van der Waals surface area contributed by atoms with E-state index in [9.17, 15) is 0 Å². The number of nitrogens with zero attached hydrogens (tertiary/aromatic N) is 1. The second kappa shape index (κ2) is 7.14. The van der Waals surface area contributed by atoms with Gasteiger partial charge in [-0.05, 0) is 17.7 Å². The minimum absolute atomic E-state index is 0.125. The lowest BCUT2D eigenvalue weighted by molar-refractivity contribution is 0.296. The van der Waals surface area contributed by atoms with Gasteiger partial charge in [0, 0.05) is 17.9 Å². The van der Waals surface area contributed by atoms with Gasteiger partial charge in [-0.15, -0.1) is 0 Å². The summed E-state index contributed by atoms with van der Waals surface area (Å²) in [7, 11) is 0. The Morgan fingerprint density at radius 3 is 2.56 bits per heavy atom. The first-order chi connectivity index (χ1) is 7.77. The van der Waals surface area contributed by atoms with Crippen LogP contribution in [0.1, 0.15) is 17.5 Å². The number of hydrogen-bond donors (Lipinski definition) is 3. The van der Waals surface area contributed by atoms with Gasteiger partial charge in [-0.25, -0.2) is 0 Å². The summed E-state index contributed by atoms with van der Waals surface area (Å²) in [6.45, 7) is 0.245. The maximum absolute atomic E-state index is 8.62. The molecule has 0 aliphatic carbocycles. The highest BCUT2D eigenvalue weighted by atomic mass is 32.2. The topological polar surface area (TPSA) is 78.8 Å². The molecule has 0 unspecified atom stereocenters. The lowest BCUT2D eigenvalue weighted by atomic mass is 10.1. The van der Waals surface area contributed by atoms with Crippen LogP contribution in [0.5, 0.6) is 0 Å². The molecule has 1 aromatic rings. The van der Waals surface area contributed by atoms with Crippen LogP contribution in [0.2, 0.25) is 0 Å². The number of rotatable bonds is 6. The molecule has 1 rings (SSSR count). The van der Waals surface area contributed by atoms with Crippen molar-refractivity contribution in [3.63, 3.8) is 0 Å². The molecule has 0 atom stereocenters. The molecule has 0 fully saturated rings. The summed E-state index contributed by atoms with van der Waals surface area (Å²) in [6, 6.07) is 7.58. The molecule has 0 aliphatic rings. The number of hydrogen-bond acceptors (Lipinski definition) is 4. The Morgan fingerprint density at radius 1 is 1.31 bits per heavy atom. The van der Waals surface area contributed by atoms with Crippen molar-refractivity contribution in [2.24, 2.45) is 10.9 Å². The summed E-state index contributed by atoms with van der Waals surface area (Å²) in [6.07, 6.45) is 0.826. The normalized spacial score (nSPS) is 11.7. The summed E-state index contributed by atoms with van der Waals surface area (Å²) in [5, 5.41) is 20.1. The van der Waals surface area contributed by atoms with E-state index in [2.05, 4.69) is 5.16 Å². The summed E-state index contributed by atoms with van der Waals surface area (Å²) in [4.78, 5) is 0. The smallest absolute Gasteiger partial charge is 0.170 e. The second-order valence-electron chi connectivity index (χ2n) is 3.31. The fourth-order valence-corrected chi connectivity index (χ4v) is 2.09. The van der Waals surface area contributed by atoms with Gasteiger partial charge in [0.25, 0.3) is 0 Å². The van der Waals surface area contributed by atoms with Crippen LogP contribution in [0.3, 0.4) is 0 Å². The van der Waals surface area contributed by atoms with Gasteiger partial charge >= 0.3 is 0 Å². The third-order valence-corrected chi connectivity index (χ3v) is 3.19. The quantitative estimate of drug-likeness (QED) is 0.231. The number of aliphatic hydroxyl groups excluding tert-OH is 1. The first kappa shape index (κ1) is 12.9. The predicted molar refractivity (Wildman–Crippen MR) is 66.8 cm³/mol. The van der Waals surface area contributed by atoms with Crippen molar-refractivity contribution in [3.8, 4) is 0 Å². The number of oxime groups is 1. The summed E-state index contributed by atoms with van der Waals surface area (Å²) in [5.74, 6) is 1.99. The monoisotopic (exact) mass is 240 g/mol. The van der Waals surface area contributed by atoms with E-state index in [0.717, 1.165) is 17.9 Å². The molecule has 0 aromatic heterocycles. The third kappa shape index (κ3) is 4.12. The van der Waals surface area contributed by atoms with Crippen molar-refractivity contribution in [1.29, 1.82) is 0 Å². The number of thioether (sulfide) groups is 1. The van der Waals surface area contributed by atoms with Crippen LogP contribution in [0.4, 0.5) is 0 Å². The SMILES string of the molecule is NC(=NO)c1ccc(CSCCCO)cc1. The second-order valence-corrected chi connectivity index (χ2v) is 4.42. The Balaban J connectivity index is 2.45. The lowest BCUT2D eigenvalue weighted by Gasteiger charge is -2.03. The molecule has 88 valence electrons. The first-order valence-electron chi connectivity index (χ1n) is 5.03. The van der Waals surface area contributed by atoms with E-state index < -0.39 is 0 Å². The Bertz CT molecular complexity index is 338. The lowest BCUT2D eigenvalue weighted by Crippen LogP contribution is -2.12. The largest absolute Gasteiger partial charge is 0.409 e. The molecule has 1 aromatic carbocycles. The number of benzene rings is 1. The number of nitrogens with two attached hydrogens (primary N) is 1. The van der Waals surface area contributed by atoms with E-state index in [0.29, 0.717) is 5.56 Å². The summed E-state index contributed by atoms with van der Waals surface area (Å²) in [5.41, 5.74) is 7.36. The van der Waals surface area contributed by atoms with Crippen molar-refractivity contribution in [3.05, 3.63) is 35.4 Å². The molecule has 0 saturated heterocycles. The predicted octanol–water partition coefficient (Wildman–Crippen LogP) is 1.40. The van der Waals surface area contributed by atoms with Crippen molar-refractivity contribution < 1.29 is 10.3 Å². The van der Waals surface area contributed by atoms with Crippen molar-refractivity contribution in [2.75, 3.05) is 12.4 Å². The van der Waals surface area contributed by atoms with E-state index in [4.69, 9.17) is 16.0 Å². The maximum atomic E-state index is 8.62. The van der Waals surface area contributed by atoms with E-state index in [1.807, 2.05) is 24.3 Å². The molecule has 4 nitrogen and oxygen atoms in total. The van der Waals surface area contributed by atoms with Gasteiger partial charge in [-0.2, -0.15) is 11.8 Å². The van der Waals surface area contributed by atoms with Crippen LogP contribution in [-0.2, 0) is 5.75 Å². The average molecular weight is 240 g/mol. The molecule has 0 bridgehead atoms. The maximum Gasteiger partial charge on any atom is 0.170 e. The third-order valence-electron chi connectivity index (χ3n) is 2.07. The van der Waals surface area contributed by atoms with Crippen LogP contribution >= 0.6 is 11.8 Å². The van der Waals surface area contributed by atoms with E-state index in [1.165, 1.54) is 5.56 Å². The zero-order valence-corrected chi connectivity index (χ0v) is 9.78. The minimum Gasteiger partial charge on any atom is -0.409 e. The standard InChI is InChI=1S/C11H16N2O2S/c12-11(13-15)10-4-2-9(3-5-10)8-16-7-1-6-14/h2-5,14-15H,1,6-8H2,(H2,12,13). The fourth-order valence-electron chi connectivity index (χ4n) is 1.19. The molecule has 0 amide bonds. The number of amidine groups is 1. The molecular formula is C11H16N2O2S. The zero-order chi connectivity index (χ0) is 11.8. The summed E-state index contributed by atoms with van der Waals surface area (Å²) >= 11 is 1.78. The average Bonchev–Trinajstić information content (AvgIpc) is 2.34. The molecule has 5 heteroatoms. The van der Waals surface area contributed by atoms with Crippen LogP contribution < -0.4 is 5.73 Å². The van der Waals surface area contributed by atoms with Gasteiger partial charge in [0.1, 0.15) is 0 Å². The highest BCUT2D eigenvalue weighted by molar-refractivity contribution is 7.98. The van der Waals surface area contributed by atoms with E-state index in [-0.39, 0.29) is 12.4 Å². The molecular weight excluding hydrogens is 224 g/mol. The molecule has 0 radical (unpaired) electrons. The molecule has 0 aliphatic heterocycles. The van der Waals surface area contributed by atoms with Gasteiger partial charge in [0.2, 0.25) is 0 Å². The Hall–Kier alpha value is -1.20. The van der Waals surface area contributed by atoms with Gasteiger partial charge in [-0.3, -0.25) is 0 Å². The number of aliphatic hydroxyl groups is 1. The van der Waals surface area contributed by atoms with E-state index in [1.54, 1.807) is 11.8 Å². The van der Waals surface area contributed by atoms with Crippen molar-refractivity contribution >= 4 is 17.6 Å². The minimum atomic E-state index is 0.125. The van der Waals surface area contributed by atoms with E-state index >= 15 is 0 Å². The Labute approximate surface area is 99.2 Å². The van der Waals surface area contributed by atoms with Gasteiger partial charge in [0.05, 0.1) is 0 Å². The van der Waals surface area contributed by atoms with Crippen LogP contribution in [0.15, 0.2) is 29.4 Å². The molecule has 4 N–H and O–H groups in total. The fraction of sp³-hybridized carbons (Fsp3) is 0.364. The highest BCUT2D eigenvalue weighted by Gasteiger charge is 1.99. The highest BCUT2D eigenvalue weighted by Crippen LogP contribution is 2.13. The van der Waals surface area contributed by atoms with Crippen LogP contribution in [0, 0.1) is 0 Å². The molecule has 0 heterocycles. The first-order valence-corrected chi connectivity index (χ1v) is 6.19. The molecule has 0 saturated carbocycles. The van der Waals surface area contributed by atoms with Crippen LogP contribution in [-0.4, -0.2) is 28.5 Å².